The molecule has 0 aliphatic carbocycles. The van der Waals surface area contributed by atoms with Gasteiger partial charge in [0.25, 0.3) is 0 Å². The van der Waals surface area contributed by atoms with Crippen molar-refractivity contribution in [3.05, 3.63) is 59.9 Å². The average molecular weight is 369 g/mol. The van der Waals surface area contributed by atoms with Crippen LogP contribution in [0.5, 0.6) is 0 Å². The summed E-state index contributed by atoms with van der Waals surface area (Å²) in [6.45, 7) is 3.64. The van der Waals surface area contributed by atoms with Gasteiger partial charge in [0.2, 0.25) is 5.91 Å². The maximum Gasteiger partial charge on any atom is 0.225 e. The number of nitrogens with one attached hydrogen (secondary N) is 2. The maximum absolute atomic E-state index is 13.5. The Morgan fingerprint density at radius 1 is 1.12 bits per heavy atom. The zero-order valence-corrected chi connectivity index (χ0v) is 15.2. The first-order valence-corrected chi connectivity index (χ1v) is 8.65. The van der Waals surface area contributed by atoms with Crippen LogP contribution in [0.2, 0.25) is 0 Å². The number of thioether (sulfide) groups is 1. The number of carbonyl (C=O) groups excluding carboxylic acids is 1. The first-order valence-electron chi connectivity index (χ1n) is 7.66. The fraction of sp³-hybridized carbons (Fsp3) is 0.278. The third kappa shape index (κ3) is 6.51. The molecule has 3 nitrogen and oxygen atoms in total. The van der Waals surface area contributed by atoms with E-state index in [-0.39, 0.29) is 24.1 Å². The van der Waals surface area contributed by atoms with Gasteiger partial charge in [-0.25, -0.2) is 4.39 Å². The summed E-state index contributed by atoms with van der Waals surface area (Å²) in [7, 11) is 0. The molecular formula is C18H22ClFN2OS. The summed E-state index contributed by atoms with van der Waals surface area (Å²) >= 11 is 1.36. The minimum absolute atomic E-state index is 0. The highest BCUT2D eigenvalue weighted by molar-refractivity contribution is 7.99. The Bertz CT molecular complexity index is 654. The summed E-state index contributed by atoms with van der Waals surface area (Å²) in [6.07, 6.45) is 0.342. The van der Waals surface area contributed by atoms with Gasteiger partial charge in [-0.3, -0.25) is 4.79 Å². The molecule has 0 aliphatic rings. The van der Waals surface area contributed by atoms with Gasteiger partial charge in [-0.2, -0.15) is 0 Å². The topological polar surface area (TPSA) is 41.1 Å². The number of halogens is 2. The van der Waals surface area contributed by atoms with Gasteiger partial charge >= 0.3 is 0 Å². The van der Waals surface area contributed by atoms with Crippen LogP contribution in [0.15, 0.2) is 53.4 Å². The van der Waals surface area contributed by atoms with E-state index in [1.165, 1.54) is 17.8 Å². The molecule has 2 N–H and O–H groups in total. The molecule has 0 aliphatic heterocycles. The van der Waals surface area contributed by atoms with Crippen molar-refractivity contribution in [2.24, 2.45) is 0 Å². The largest absolute Gasteiger partial charge is 0.326 e. The number of amides is 1. The molecule has 0 atom stereocenters. The second-order valence-electron chi connectivity index (χ2n) is 5.01. The molecular weight excluding hydrogens is 347 g/mol. The highest BCUT2D eigenvalue weighted by atomic mass is 35.5. The minimum atomic E-state index is -0.242. The molecule has 0 radical (unpaired) electrons. The van der Waals surface area contributed by atoms with Crippen molar-refractivity contribution < 1.29 is 9.18 Å². The van der Waals surface area contributed by atoms with Gasteiger partial charge in [0.1, 0.15) is 5.82 Å². The second-order valence-corrected chi connectivity index (χ2v) is 6.15. The SMILES string of the molecule is CCNCc1ccccc1NC(=O)CCSc1ccccc1F.Cl. The van der Waals surface area contributed by atoms with E-state index in [0.717, 1.165) is 24.3 Å². The molecule has 0 unspecified atom stereocenters. The molecule has 130 valence electrons. The molecule has 24 heavy (non-hydrogen) atoms. The van der Waals surface area contributed by atoms with Crippen molar-refractivity contribution in [1.29, 1.82) is 0 Å². The summed E-state index contributed by atoms with van der Waals surface area (Å²) < 4.78 is 13.5. The van der Waals surface area contributed by atoms with Gasteiger partial charge in [-0.15, -0.1) is 24.2 Å². The lowest BCUT2D eigenvalue weighted by molar-refractivity contribution is -0.115. The highest BCUT2D eigenvalue weighted by Gasteiger charge is 2.07. The van der Waals surface area contributed by atoms with E-state index in [0.29, 0.717) is 17.1 Å². The molecule has 2 aromatic rings. The van der Waals surface area contributed by atoms with Crippen molar-refractivity contribution in [2.45, 2.75) is 24.8 Å². The van der Waals surface area contributed by atoms with Crippen molar-refractivity contribution in [3.63, 3.8) is 0 Å². The number of anilines is 1. The Labute approximate surface area is 152 Å². The molecule has 0 bridgehead atoms. The Kier molecular flexibility index (Phi) is 9.45. The molecule has 0 saturated carbocycles. The molecule has 0 aromatic heterocycles. The summed E-state index contributed by atoms with van der Waals surface area (Å²) in [6, 6.07) is 14.4. The van der Waals surface area contributed by atoms with Crippen LogP contribution in [-0.4, -0.2) is 18.2 Å². The van der Waals surface area contributed by atoms with Crippen LogP contribution in [0.3, 0.4) is 0 Å². The lowest BCUT2D eigenvalue weighted by Crippen LogP contribution is -2.17. The van der Waals surface area contributed by atoms with Crippen molar-refractivity contribution >= 4 is 35.8 Å². The highest BCUT2D eigenvalue weighted by Crippen LogP contribution is 2.22. The third-order valence-electron chi connectivity index (χ3n) is 3.28. The Hall–Kier alpha value is -1.56. The normalized spacial score (nSPS) is 10.1. The number of benzene rings is 2. The van der Waals surface area contributed by atoms with Gasteiger partial charge < -0.3 is 10.6 Å². The monoisotopic (exact) mass is 368 g/mol. The standard InChI is InChI=1S/C18H21FN2OS.ClH/c1-2-20-13-14-7-3-5-9-16(14)21-18(22)11-12-23-17-10-6-4-8-15(17)19;/h3-10,20H,2,11-13H2,1H3,(H,21,22);1H. The van der Waals surface area contributed by atoms with E-state index in [4.69, 9.17) is 0 Å². The molecule has 1 amide bonds. The number of hydrogen-bond donors (Lipinski definition) is 2. The summed E-state index contributed by atoms with van der Waals surface area (Å²) in [5, 5.41) is 6.19. The molecule has 2 rings (SSSR count). The summed E-state index contributed by atoms with van der Waals surface area (Å²) in [5.74, 6) is 0.244. The van der Waals surface area contributed by atoms with E-state index in [9.17, 15) is 9.18 Å². The van der Waals surface area contributed by atoms with Crippen LogP contribution in [0.1, 0.15) is 18.9 Å². The number of hydrogen-bond acceptors (Lipinski definition) is 3. The van der Waals surface area contributed by atoms with Crippen molar-refractivity contribution in [1.82, 2.24) is 5.32 Å². The average Bonchev–Trinajstić information content (AvgIpc) is 2.56. The smallest absolute Gasteiger partial charge is 0.225 e. The third-order valence-corrected chi connectivity index (χ3v) is 4.33. The molecule has 6 heteroatoms. The molecule has 2 aromatic carbocycles. The van der Waals surface area contributed by atoms with E-state index in [1.54, 1.807) is 18.2 Å². The maximum atomic E-state index is 13.5. The second kappa shape index (κ2) is 11.1. The molecule has 0 fully saturated rings. The van der Waals surface area contributed by atoms with Gasteiger partial charge in [0, 0.05) is 29.3 Å². The minimum Gasteiger partial charge on any atom is -0.326 e. The van der Waals surface area contributed by atoms with Gasteiger partial charge in [0.05, 0.1) is 0 Å². The van der Waals surface area contributed by atoms with Gasteiger partial charge in [0.15, 0.2) is 0 Å². The van der Waals surface area contributed by atoms with E-state index in [1.807, 2.05) is 31.2 Å². The lowest BCUT2D eigenvalue weighted by Gasteiger charge is -2.11. The fourth-order valence-corrected chi connectivity index (χ4v) is 2.97. The van der Waals surface area contributed by atoms with E-state index >= 15 is 0 Å². The number of carbonyl (C=O) groups is 1. The van der Waals surface area contributed by atoms with Crippen molar-refractivity contribution in [3.8, 4) is 0 Å². The fourth-order valence-electron chi connectivity index (χ4n) is 2.08. The predicted molar refractivity (Wildman–Crippen MR) is 101 cm³/mol. The van der Waals surface area contributed by atoms with Gasteiger partial charge in [-0.05, 0) is 30.3 Å². The van der Waals surface area contributed by atoms with Crippen LogP contribution in [0.4, 0.5) is 10.1 Å². The lowest BCUT2D eigenvalue weighted by atomic mass is 10.1. The van der Waals surface area contributed by atoms with Crippen LogP contribution in [0.25, 0.3) is 0 Å². The Morgan fingerprint density at radius 3 is 2.58 bits per heavy atom. The summed E-state index contributed by atoms with van der Waals surface area (Å²) in [4.78, 5) is 12.7. The Morgan fingerprint density at radius 2 is 1.83 bits per heavy atom. The summed E-state index contributed by atoms with van der Waals surface area (Å²) in [5.41, 5.74) is 1.89. The van der Waals surface area contributed by atoms with Gasteiger partial charge in [-0.1, -0.05) is 37.3 Å². The molecule has 0 heterocycles. The van der Waals surface area contributed by atoms with Crippen LogP contribution >= 0.6 is 24.2 Å². The zero-order valence-electron chi connectivity index (χ0n) is 13.5. The number of para-hydroxylation sites is 1. The van der Waals surface area contributed by atoms with Crippen LogP contribution < -0.4 is 10.6 Å². The van der Waals surface area contributed by atoms with E-state index < -0.39 is 0 Å². The Balaban J connectivity index is 0.00000288. The predicted octanol–water partition coefficient (Wildman–Crippen LogP) is 4.48. The number of rotatable bonds is 8. The van der Waals surface area contributed by atoms with Crippen molar-refractivity contribution in [2.75, 3.05) is 17.6 Å². The first kappa shape index (κ1) is 20.5. The van der Waals surface area contributed by atoms with Crippen LogP contribution in [0, 0.1) is 5.82 Å². The quantitative estimate of drug-likeness (QED) is 0.675. The first-order chi connectivity index (χ1) is 11.2. The molecule has 0 spiro atoms. The van der Waals surface area contributed by atoms with E-state index in [2.05, 4.69) is 10.6 Å². The molecule has 0 saturated heterocycles. The zero-order chi connectivity index (χ0) is 16.5. The van der Waals surface area contributed by atoms with Crippen LogP contribution in [-0.2, 0) is 11.3 Å².